The molecule has 172 valence electrons. The number of rotatable bonds is 10. The maximum atomic E-state index is 13.0. The fourth-order valence-electron chi connectivity index (χ4n) is 5.10. The van der Waals surface area contributed by atoms with Crippen molar-refractivity contribution >= 4 is 33.2 Å². The molecule has 1 unspecified atom stereocenters. The first kappa shape index (κ1) is 22.8. The third-order valence-corrected chi connectivity index (χ3v) is 9.84. The third-order valence-electron chi connectivity index (χ3n) is 6.64. The van der Waals surface area contributed by atoms with Crippen molar-refractivity contribution < 1.29 is 23.1 Å². The quantitative estimate of drug-likeness (QED) is 0.396. The molecular formula is C23H28N2O5S2. The zero-order valence-electron chi connectivity index (χ0n) is 17.7. The van der Waals surface area contributed by atoms with Crippen LogP contribution in [0.15, 0.2) is 53.0 Å². The number of nitrogens with zero attached hydrogens (tertiary/aromatic N) is 1. The van der Waals surface area contributed by atoms with Gasteiger partial charge in [0.05, 0.1) is 4.88 Å². The molecule has 4 rings (SSSR count). The van der Waals surface area contributed by atoms with Crippen LogP contribution in [0.5, 0.6) is 0 Å². The predicted octanol–water partition coefficient (Wildman–Crippen LogP) is 4.13. The number of thiophene rings is 1. The normalized spacial score (nSPS) is 24.9. The minimum atomic E-state index is -3.67. The van der Waals surface area contributed by atoms with Crippen LogP contribution in [0.25, 0.3) is 0 Å². The lowest BCUT2D eigenvalue weighted by atomic mass is 9.82. The molecule has 1 amide bonds. The van der Waals surface area contributed by atoms with E-state index in [4.69, 9.17) is 5.11 Å². The molecule has 0 saturated heterocycles. The average Bonchev–Trinajstić information content (AvgIpc) is 3.55. The second-order valence-electron chi connectivity index (χ2n) is 8.63. The van der Waals surface area contributed by atoms with Gasteiger partial charge in [0.25, 0.3) is 15.9 Å². The number of nitrogens with one attached hydrogen (secondary N) is 1. The smallest absolute Gasteiger partial charge is 0.303 e. The SMILES string of the molecule is O=C(O)CCC/C=C\C[C@H]1[C@H]2CCC(C2)[C@@H]1NC(=O)c1ccc(S(=O)(=O)n2cccc2)s1. The molecule has 2 aromatic heterocycles. The maximum absolute atomic E-state index is 13.0. The molecule has 2 fully saturated rings. The Morgan fingerprint density at radius 3 is 2.66 bits per heavy atom. The second kappa shape index (κ2) is 9.62. The minimum Gasteiger partial charge on any atom is -0.481 e. The highest BCUT2D eigenvalue weighted by Gasteiger charge is 2.47. The minimum absolute atomic E-state index is 0.0940. The molecule has 32 heavy (non-hydrogen) atoms. The Morgan fingerprint density at radius 2 is 1.91 bits per heavy atom. The number of carbonyl (C=O) groups is 2. The van der Waals surface area contributed by atoms with Gasteiger partial charge in [-0.25, -0.2) is 3.97 Å². The first-order valence-electron chi connectivity index (χ1n) is 11.0. The molecule has 4 atom stereocenters. The molecule has 2 aliphatic carbocycles. The highest BCUT2D eigenvalue weighted by molar-refractivity contribution is 7.92. The number of aromatic nitrogens is 1. The highest BCUT2D eigenvalue weighted by Crippen LogP contribution is 2.50. The number of unbranched alkanes of at least 4 members (excludes halogenated alkanes) is 1. The van der Waals surface area contributed by atoms with Gasteiger partial charge >= 0.3 is 5.97 Å². The summed E-state index contributed by atoms with van der Waals surface area (Å²) in [4.78, 5) is 24.0. The summed E-state index contributed by atoms with van der Waals surface area (Å²) < 4.78 is 26.6. The molecule has 0 aromatic carbocycles. The number of aliphatic carboxylic acids is 1. The maximum Gasteiger partial charge on any atom is 0.303 e. The van der Waals surface area contributed by atoms with Gasteiger partial charge in [0, 0.05) is 24.9 Å². The number of carbonyl (C=O) groups excluding carboxylic acids is 1. The molecule has 7 nitrogen and oxygen atoms in total. The van der Waals surface area contributed by atoms with Crippen molar-refractivity contribution in [3.05, 3.63) is 53.7 Å². The lowest BCUT2D eigenvalue weighted by Crippen LogP contribution is -2.43. The van der Waals surface area contributed by atoms with Crippen molar-refractivity contribution in [1.29, 1.82) is 0 Å². The highest BCUT2D eigenvalue weighted by atomic mass is 32.2. The van der Waals surface area contributed by atoms with Crippen molar-refractivity contribution in [3.63, 3.8) is 0 Å². The summed E-state index contributed by atoms with van der Waals surface area (Å²) in [6, 6.07) is 6.47. The van der Waals surface area contributed by atoms with E-state index in [0.29, 0.717) is 29.1 Å². The monoisotopic (exact) mass is 476 g/mol. The van der Waals surface area contributed by atoms with Crippen LogP contribution in [0.4, 0.5) is 0 Å². The fourth-order valence-corrected chi connectivity index (χ4v) is 7.60. The van der Waals surface area contributed by atoms with Crippen LogP contribution < -0.4 is 5.32 Å². The standard InChI is InChI=1S/C23H28N2O5S2/c26-20(27)8-4-2-1-3-7-18-16-9-10-17(15-16)22(18)24-23(28)19-11-12-21(31-19)32(29,30)25-13-5-6-14-25/h1,3,5-6,11-14,16-18,22H,2,4,7-10,15H2,(H,24,28)(H,26,27)/b3-1-/t16-,17?,18-,22-/m0/s1. The van der Waals surface area contributed by atoms with E-state index in [-0.39, 0.29) is 22.6 Å². The van der Waals surface area contributed by atoms with Gasteiger partial charge in [-0.3, -0.25) is 9.59 Å². The molecule has 0 spiro atoms. The van der Waals surface area contributed by atoms with Crippen molar-refractivity contribution in [1.82, 2.24) is 9.29 Å². The van der Waals surface area contributed by atoms with Gasteiger partial charge in [-0.1, -0.05) is 12.2 Å². The number of hydrogen-bond acceptors (Lipinski definition) is 5. The summed E-state index contributed by atoms with van der Waals surface area (Å²) in [7, 11) is -3.67. The van der Waals surface area contributed by atoms with Gasteiger partial charge in [-0.2, -0.15) is 8.42 Å². The molecule has 2 aromatic rings. The van der Waals surface area contributed by atoms with Crippen molar-refractivity contribution in [2.45, 2.75) is 55.2 Å². The number of carboxylic acids is 1. The van der Waals surface area contributed by atoms with Crippen LogP contribution in [0.1, 0.15) is 54.6 Å². The van der Waals surface area contributed by atoms with Crippen molar-refractivity contribution in [3.8, 4) is 0 Å². The molecule has 2 aliphatic rings. The van der Waals surface area contributed by atoms with Crippen LogP contribution >= 0.6 is 11.3 Å². The van der Waals surface area contributed by atoms with Crippen LogP contribution in [-0.2, 0) is 14.8 Å². The number of allylic oxidation sites excluding steroid dienone is 2. The van der Waals surface area contributed by atoms with E-state index in [1.54, 1.807) is 18.2 Å². The van der Waals surface area contributed by atoms with Crippen molar-refractivity contribution in [2.75, 3.05) is 0 Å². The van der Waals surface area contributed by atoms with E-state index < -0.39 is 16.0 Å². The van der Waals surface area contributed by atoms with Crippen LogP contribution in [-0.4, -0.2) is 35.4 Å². The van der Waals surface area contributed by atoms with Crippen LogP contribution in [0, 0.1) is 17.8 Å². The average molecular weight is 477 g/mol. The van der Waals surface area contributed by atoms with E-state index in [1.165, 1.54) is 24.9 Å². The van der Waals surface area contributed by atoms with Gasteiger partial charge in [0.15, 0.2) is 0 Å². The lowest BCUT2D eigenvalue weighted by molar-refractivity contribution is -0.137. The van der Waals surface area contributed by atoms with Gasteiger partial charge in [-0.05, 0) is 80.5 Å². The Labute approximate surface area is 192 Å². The number of carboxylic acid groups (broad SMARTS) is 1. The van der Waals surface area contributed by atoms with E-state index in [9.17, 15) is 18.0 Å². The Balaban J connectivity index is 1.38. The largest absolute Gasteiger partial charge is 0.481 e. The second-order valence-corrected chi connectivity index (χ2v) is 11.8. The molecule has 9 heteroatoms. The number of fused-ring (bicyclic) bond motifs is 2. The van der Waals surface area contributed by atoms with E-state index in [2.05, 4.69) is 11.4 Å². The fraction of sp³-hybridized carbons (Fsp3) is 0.478. The van der Waals surface area contributed by atoms with E-state index in [0.717, 1.165) is 41.0 Å². The first-order valence-corrected chi connectivity index (χ1v) is 13.3. The summed E-state index contributed by atoms with van der Waals surface area (Å²) in [6.07, 6.45) is 13.0. The Bertz CT molecular complexity index is 1090. The molecule has 2 N–H and O–H groups in total. The molecular weight excluding hydrogens is 448 g/mol. The van der Waals surface area contributed by atoms with E-state index in [1.807, 2.05) is 6.08 Å². The zero-order valence-corrected chi connectivity index (χ0v) is 19.4. The van der Waals surface area contributed by atoms with E-state index >= 15 is 0 Å². The number of hydrogen-bond donors (Lipinski definition) is 2. The summed E-state index contributed by atoms with van der Waals surface area (Å²) in [5.74, 6) is 0.458. The lowest BCUT2D eigenvalue weighted by Gasteiger charge is -2.31. The summed E-state index contributed by atoms with van der Waals surface area (Å²) in [5, 5.41) is 11.9. The Hall–Kier alpha value is -2.39. The molecule has 2 heterocycles. The van der Waals surface area contributed by atoms with Crippen molar-refractivity contribution in [2.24, 2.45) is 17.8 Å². The predicted molar refractivity (Wildman–Crippen MR) is 122 cm³/mol. The van der Waals surface area contributed by atoms with Crippen LogP contribution in [0.3, 0.4) is 0 Å². The Kier molecular flexibility index (Phi) is 6.85. The summed E-state index contributed by atoms with van der Waals surface area (Å²) >= 11 is 0.997. The topological polar surface area (TPSA) is 105 Å². The van der Waals surface area contributed by atoms with Crippen LogP contribution in [0.2, 0.25) is 0 Å². The summed E-state index contributed by atoms with van der Waals surface area (Å²) in [6.45, 7) is 0. The summed E-state index contributed by atoms with van der Waals surface area (Å²) in [5.41, 5.74) is 0. The van der Waals surface area contributed by atoms with Gasteiger partial charge < -0.3 is 10.4 Å². The number of amides is 1. The molecule has 0 aliphatic heterocycles. The molecule has 2 bridgehead atoms. The zero-order chi connectivity index (χ0) is 22.7. The first-order chi connectivity index (χ1) is 15.4. The molecule has 0 radical (unpaired) electrons. The van der Waals surface area contributed by atoms with Gasteiger partial charge in [-0.15, -0.1) is 11.3 Å². The molecule has 2 saturated carbocycles. The van der Waals surface area contributed by atoms with Gasteiger partial charge in [0.2, 0.25) is 0 Å². The third kappa shape index (κ3) is 4.83. The Morgan fingerprint density at radius 1 is 1.16 bits per heavy atom. The van der Waals surface area contributed by atoms with Gasteiger partial charge in [0.1, 0.15) is 4.21 Å².